The van der Waals surface area contributed by atoms with E-state index in [4.69, 9.17) is 10.4 Å². The van der Waals surface area contributed by atoms with Gasteiger partial charge < -0.3 is 10.4 Å². The molecule has 1 fully saturated rings. The quantitative estimate of drug-likeness (QED) is 0.836. The summed E-state index contributed by atoms with van der Waals surface area (Å²) in [5, 5.41) is 21.6. The molecule has 1 amide bonds. The van der Waals surface area contributed by atoms with Gasteiger partial charge in [-0.05, 0) is 32.3 Å². The molecule has 20 heavy (non-hydrogen) atoms. The molecule has 6 heteroatoms. The molecule has 1 aliphatic rings. The Morgan fingerprint density at radius 2 is 2.25 bits per heavy atom. The standard InChI is InChI=1S/C14H19N3O2S/c1-9-10(2)20-14(12(9)7-15)16-13(19)8-17(5-6-18)11-3-4-11/h11,18H,3-6,8H2,1-2H3,(H,16,19). The van der Waals surface area contributed by atoms with Gasteiger partial charge >= 0.3 is 0 Å². The third-order valence-electron chi connectivity index (χ3n) is 3.55. The zero-order valence-corrected chi connectivity index (χ0v) is 12.6. The average Bonchev–Trinajstić information content (AvgIpc) is 3.19. The van der Waals surface area contributed by atoms with Crippen LogP contribution in [0.1, 0.15) is 28.8 Å². The molecular weight excluding hydrogens is 274 g/mol. The highest BCUT2D eigenvalue weighted by Gasteiger charge is 2.30. The molecule has 0 spiro atoms. The van der Waals surface area contributed by atoms with Gasteiger partial charge in [0.1, 0.15) is 11.1 Å². The third kappa shape index (κ3) is 3.37. The predicted molar refractivity (Wildman–Crippen MR) is 78.8 cm³/mol. The van der Waals surface area contributed by atoms with Crippen LogP contribution in [0.2, 0.25) is 0 Å². The molecule has 5 nitrogen and oxygen atoms in total. The zero-order chi connectivity index (χ0) is 14.7. The van der Waals surface area contributed by atoms with Crippen LogP contribution in [-0.4, -0.2) is 41.7 Å². The summed E-state index contributed by atoms with van der Waals surface area (Å²) in [7, 11) is 0. The van der Waals surface area contributed by atoms with Gasteiger partial charge in [-0.15, -0.1) is 11.3 Å². The predicted octanol–water partition coefficient (Wildman–Crippen LogP) is 1.63. The number of hydrogen-bond donors (Lipinski definition) is 2. The Labute approximate surface area is 122 Å². The lowest BCUT2D eigenvalue weighted by Crippen LogP contribution is -2.36. The molecule has 0 bridgehead atoms. The molecule has 0 atom stereocenters. The second-order valence-corrected chi connectivity index (χ2v) is 6.30. The molecule has 108 valence electrons. The van der Waals surface area contributed by atoms with Gasteiger partial charge in [0.15, 0.2) is 0 Å². The van der Waals surface area contributed by atoms with Gasteiger partial charge in [0.05, 0.1) is 18.7 Å². The number of carbonyl (C=O) groups is 1. The second-order valence-electron chi connectivity index (χ2n) is 5.07. The summed E-state index contributed by atoms with van der Waals surface area (Å²) in [6.07, 6.45) is 2.18. The largest absolute Gasteiger partial charge is 0.395 e. The number of nitriles is 1. The van der Waals surface area contributed by atoms with E-state index < -0.39 is 0 Å². The minimum atomic E-state index is -0.122. The minimum Gasteiger partial charge on any atom is -0.395 e. The molecule has 1 aromatic heterocycles. The monoisotopic (exact) mass is 293 g/mol. The van der Waals surface area contributed by atoms with E-state index in [0.29, 0.717) is 23.2 Å². The Kier molecular flexibility index (Phi) is 4.76. The van der Waals surface area contributed by atoms with Gasteiger partial charge in [-0.2, -0.15) is 5.26 Å². The topological polar surface area (TPSA) is 76.4 Å². The van der Waals surface area contributed by atoms with Crippen molar-refractivity contribution in [1.82, 2.24) is 4.90 Å². The smallest absolute Gasteiger partial charge is 0.239 e. The van der Waals surface area contributed by atoms with Crippen molar-refractivity contribution in [1.29, 1.82) is 5.26 Å². The Morgan fingerprint density at radius 1 is 1.55 bits per heavy atom. The Hall–Kier alpha value is -1.42. The lowest BCUT2D eigenvalue weighted by molar-refractivity contribution is -0.117. The number of amides is 1. The molecule has 1 aliphatic carbocycles. The number of carbonyl (C=O) groups excluding carboxylic acids is 1. The highest BCUT2D eigenvalue weighted by atomic mass is 32.1. The third-order valence-corrected chi connectivity index (χ3v) is 4.67. The fourth-order valence-electron chi connectivity index (χ4n) is 2.16. The summed E-state index contributed by atoms with van der Waals surface area (Å²) in [4.78, 5) is 15.1. The van der Waals surface area contributed by atoms with Crippen LogP contribution < -0.4 is 5.32 Å². The number of aliphatic hydroxyl groups is 1. The van der Waals surface area contributed by atoms with E-state index in [1.54, 1.807) is 0 Å². The molecule has 2 N–H and O–H groups in total. The first-order chi connectivity index (χ1) is 9.56. The summed E-state index contributed by atoms with van der Waals surface area (Å²) < 4.78 is 0. The van der Waals surface area contributed by atoms with Crippen LogP contribution >= 0.6 is 11.3 Å². The van der Waals surface area contributed by atoms with Crippen LogP contribution in [0, 0.1) is 25.2 Å². The zero-order valence-electron chi connectivity index (χ0n) is 11.8. The van der Waals surface area contributed by atoms with E-state index in [2.05, 4.69) is 11.4 Å². The molecule has 0 saturated heterocycles. The number of aliphatic hydroxyl groups excluding tert-OH is 1. The molecule has 0 radical (unpaired) electrons. The Bertz CT molecular complexity index is 543. The van der Waals surface area contributed by atoms with Crippen molar-refractivity contribution >= 4 is 22.2 Å². The first-order valence-electron chi connectivity index (χ1n) is 6.71. The lowest BCUT2D eigenvalue weighted by Gasteiger charge is -2.19. The normalized spacial score (nSPS) is 14.3. The van der Waals surface area contributed by atoms with Crippen molar-refractivity contribution in [2.24, 2.45) is 0 Å². The van der Waals surface area contributed by atoms with Gasteiger partial charge in [-0.3, -0.25) is 9.69 Å². The van der Waals surface area contributed by atoms with Crippen LogP contribution in [0.3, 0.4) is 0 Å². The number of nitrogens with one attached hydrogen (secondary N) is 1. The number of rotatable bonds is 6. The van der Waals surface area contributed by atoms with E-state index >= 15 is 0 Å². The van der Waals surface area contributed by atoms with E-state index in [-0.39, 0.29) is 19.1 Å². The maximum atomic E-state index is 12.1. The average molecular weight is 293 g/mol. The fraction of sp³-hybridized carbons (Fsp3) is 0.571. The highest BCUT2D eigenvalue weighted by molar-refractivity contribution is 7.16. The summed E-state index contributed by atoms with van der Waals surface area (Å²) in [5.41, 5.74) is 1.49. The lowest BCUT2D eigenvalue weighted by atomic mass is 10.2. The molecule has 1 saturated carbocycles. The molecular formula is C14H19N3O2S. The molecule has 2 rings (SSSR count). The van der Waals surface area contributed by atoms with Crippen molar-refractivity contribution in [2.45, 2.75) is 32.7 Å². The van der Waals surface area contributed by atoms with Crippen molar-refractivity contribution in [3.63, 3.8) is 0 Å². The maximum absolute atomic E-state index is 12.1. The summed E-state index contributed by atoms with van der Waals surface area (Å²) in [6, 6.07) is 2.57. The summed E-state index contributed by atoms with van der Waals surface area (Å²) >= 11 is 1.44. The first kappa shape index (κ1) is 15.0. The first-order valence-corrected chi connectivity index (χ1v) is 7.53. The molecule has 0 aromatic carbocycles. The van der Waals surface area contributed by atoms with E-state index in [9.17, 15) is 4.79 Å². The van der Waals surface area contributed by atoms with Gasteiger partial charge in [0.2, 0.25) is 5.91 Å². The van der Waals surface area contributed by atoms with Crippen LogP contribution in [0.4, 0.5) is 5.00 Å². The molecule has 1 aromatic rings. The van der Waals surface area contributed by atoms with Crippen molar-refractivity contribution in [3.8, 4) is 6.07 Å². The van der Waals surface area contributed by atoms with E-state index in [1.807, 2.05) is 18.7 Å². The van der Waals surface area contributed by atoms with Crippen molar-refractivity contribution in [3.05, 3.63) is 16.0 Å². The number of aryl methyl sites for hydroxylation is 1. The van der Waals surface area contributed by atoms with Crippen LogP contribution in [0.5, 0.6) is 0 Å². The van der Waals surface area contributed by atoms with Gasteiger partial charge in [-0.1, -0.05) is 0 Å². The molecule has 0 unspecified atom stereocenters. The maximum Gasteiger partial charge on any atom is 0.239 e. The number of hydrogen-bond acceptors (Lipinski definition) is 5. The summed E-state index contributed by atoms with van der Waals surface area (Å²) in [6.45, 7) is 4.68. The van der Waals surface area contributed by atoms with E-state index in [1.165, 1.54) is 11.3 Å². The molecule has 1 heterocycles. The molecule has 0 aliphatic heterocycles. The van der Waals surface area contributed by atoms with Crippen LogP contribution in [0.15, 0.2) is 0 Å². The second kappa shape index (κ2) is 6.35. The van der Waals surface area contributed by atoms with Gasteiger partial charge in [0.25, 0.3) is 0 Å². The number of thiophene rings is 1. The van der Waals surface area contributed by atoms with Gasteiger partial charge in [-0.25, -0.2) is 0 Å². The Morgan fingerprint density at radius 3 is 2.80 bits per heavy atom. The summed E-state index contributed by atoms with van der Waals surface area (Å²) in [5.74, 6) is -0.122. The van der Waals surface area contributed by atoms with Gasteiger partial charge in [0, 0.05) is 17.5 Å². The van der Waals surface area contributed by atoms with E-state index in [0.717, 1.165) is 23.3 Å². The van der Waals surface area contributed by atoms with Crippen LogP contribution in [-0.2, 0) is 4.79 Å². The Balaban J connectivity index is 2.01. The number of nitrogens with zero attached hydrogens (tertiary/aromatic N) is 2. The van der Waals surface area contributed by atoms with Crippen molar-refractivity contribution < 1.29 is 9.90 Å². The number of anilines is 1. The fourth-order valence-corrected chi connectivity index (χ4v) is 3.19. The highest BCUT2D eigenvalue weighted by Crippen LogP contribution is 2.32. The van der Waals surface area contributed by atoms with Crippen LogP contribution in [0.25, 0.3) is 0 Å². The SMILES string of the molecule is Cc1sc(NC(=O)CN(CCO)C2CC2)c(C#N)c1C. The van der Waals surface area contributed by atoms with Crippen molar-refractivity contribution in [2.75, 3.05) is 25.0 Å². The minimum absolute atomic E-state index is 0.0600.